The first-order valence-electron chi connectivity index (χ1n) is 9.20. The van der Waals surface area contributed by atoms with Gasteiger partial charge in [0, 0.05) is 6.54 Å². The molecule has 2 aromatic rings. The molecule has 2 fully saturated rings. The van der Waals surface area contributed by atoms with Crippen molar-refractivity contribution in [1.29, 1.82) is 0 Å². The van der Waals surface area contributed by atoms with E-state index in [1.165, 1.54) is 0 Å². The number of morpholine rings is 1. The molecule has 1 aromatic heterocycles. The standard InChI is InChI=1S/C18H24N4O4S/c1-13(16-20-14-4-2-3-5-15(14)21-16)19-17(23)22-8-9-26-18(12-22)6-10-27(24,25)11-7-18/h2-5,13H,6-12H2,1H3,(H,19,23)(H,20,21)/t13-/m0/s1. The number of aromatic nitrogens is 2. The number of aromatic amines is 1. The average molecular weight is 392 g/mol. The fourth-order valence-electron chi connectivity index (χ4n) is 3.75. The lowest BCUT2D eigenvalue weighted by atomic mass is 9.94. The van der Waals surface area contributed by atoms with Gasteiger partial charge in [-0.2, -0.15) is 0 Å². The molecule has 0 saturated carbocycles. The lowest BCUT2D eigenvalue weighted by Crippen LogP contribution is -2.58. The molecule has 27 heavy (non-hydrogen) atoms. The van der Waals surface area contributed by atoms with Crippen LogP contribution in [0.15, 0.2) is 24.3 Å². The van der Waals surface area contributed by atoms with Crippen molar-refractivity contribution in [2.75, 3.05) is 31.2 Å². The normalized spacial score (nSPS) is 22.6. The van der Waals surface area contributed by atoms with E-state index < -0.39 is 15.4 Å². The number of rotatable bonds is 2. The number of ether oxygens (including phenoxy) is 1. The second-order valence-electron chi connectivity index (χ2n) is 7.42. The number of carbonyl (C=O) groups is 1. The molecule has 2 aliphatic heterocycles. The van der Waals surface area contributed by atoms with Crippen LogP contribution >= 0.6 is 0 Å². The number of fused-ring (bicyclic) bond motifs is 1. The van der Waals surface area contributed by atoms with Crippen molar-refractivity contribution in [2.45, 2.75) is 31.4 Å². The number of amides is 2. The highest BCUT2D eigenvalue weighted by Crippen LogP contribution is 2.31. The maximum absolute atomic E-state index is 12.7. The summed E-state index contributed by atoms with van der Waals surface area (Å²) in [6.45, 7) is 3.22. The first-order valence-corrected chi connectivity index (χ1v) is 11.0. The summed E-state index contributed by atoms with van der Waals surface area (Å²) in [6, 6.07) is 7.28. The van der Waals surface area contributed by atoms with Crippen molar-refractivity contribution in [2.24, 2.45) is 0 Å². The van der Waals surface area contributed by atoms with E-state index in [2.05, 4.69) is 15.3 Å². The molecule has 9 heteroatoms. The van der Waals surface area contributed by atoms with Gasteiger partial charge in [-0.3, -0.25) is 0 Å². The number of imidazole rings is 1. The molecular formula is C18H24N4O4S. The molecule has 2 N–H and O–H groups in total. The van der Waals surface area contributed by atoms with Crippen LogP contribution in [-0.4, -0.2) is 66.1 Å². The first kappa shape index (κ1) is 18.2. The zero-order valence-electron chi connectivity index (χ0n) is 15.3. The number of H-pyrrole nitrogens is 1. The maximum atomic E-state index is 12.7. The number of sulfone groups is 1. The molecule has 0 unspecified atom stereocenters. The average Bonchev–Trinajstić information content (AvgIpc) is 3.09. The number of carbonyl (C=O) groups excluding carboxylic acids is 1. The summed E-state index contributed by atoms with van der Waals surface area (Å²) in [6.07, 6.45) is 0.885. The fourth-order valence-corrected chi connectivity index (χ4v) is 5.32. The maximum Gasteiger partial charge on any atom is 0.318 e. The first-order chi connectivity index (χ1) is 12.9. The molecule has 2 aliphatic rings. The Morgan fingerprint density at radius 3 is 2.81 bits per heavy atom. The molecule has 2 amide bonds. The fraction of sp³-hybridized carbons (Fsp3) is 0.556. The van der Waals surface area contributed by atoms with Gasteiger partial charge in [-0.1, -0.05) is 12.1 Å². The van der Waals surface area contributed by atoms with Crippen molar-refractivity contribution in [3.63, 3.8) is 0 Å². The number of hydrogen-bond acceptors (Lipinski definition) is 5. The van der Waals surface area contributed by atoms with Gasteiger partial charge in [-0.05, 0) is 31.9 Å². The molecular weight excluding hydrogens is 368 g/mol. The lowest BCUT2D eigenvalue weighted by molar-refractivity contribution is -0.102. The monoisotopic (exact) mass is 392 g/mol. The molecule has 0 radical (unpaired) electrons. The number of nitrogens with zero attached hydrogens (tertiary/aromatic N) is 2. The minimum atomic E-state index is -2.98. The minimum Gasteiger partial charge on any atom is -0.371 e. The third-order valence-corrected chi connectivity index (χ3v) is 7.08. The number of benzene rings is 1. The van der Waals surface area contributed by atoms with E-state index in [0.717, 1.165) is 11.0 Å². The van der Waals surface area contributed by atoms with Crippen LogP contribution in [0.25, 0.3) is 11.0 Å². The Labute approximate surface area is 158 Å². The van der Waals surface area contributed by atoms with Crippen LogP contribution in [0.5, 0.6) is 0 Å². The summed E-state index contributed by atoms with van der Waals surface area (Å²) in [4.78, 5) is 22.2. The quantitative estimate of drug-likeness (QED) is 0.808. The van der Waals surface area contributed by atoms with Crippen LogP contribution in [0.1, 0.15) is 31.6 Å². The van der Waals surface area contributed by atoms with Crippen molar-refractivity contribution in [1.82, 2.24) is 20.2 Å². The van der Waals surface area contributed by atoms with Crippen LogP contribution < -0.4 is 5.32 Å². The van der Waals surface area contributed by atoms with Crippen LogP contribution in [-0.2, 0) is 14.6 Å². The molecule has 1 aromatic carbocycles. The lowest BCUT2D eigenvalue weighted by Gasteiger charge is -2.44. The van der Waals surface area contributed by atoms with Gasteiger partial charge in [0.05, 0.1) is 47.3 Å². The Bertz CT molecular complexity index is 908. The van der Waals surface area contributed by atoms with Crippen LogP contribution in [0.2, 0.25) is 0 Å². The van der Waals surface area contributed by atoms with Gasteiger partial charge < -0.3 is 19.9 Å². The number of nitrogens with one attached hydrogen (secondary N) is 2. The van der Waals surface area contributed by atoms with Crippen molar-refractivity contribution in [3.05, 3.63) is 30.1 Å². The Kier molecular flexibility index (Phi) is 4.59. The third-order valence-electron chi connectivity index (χ3n) is 5.43. The SMILES string of the molecule is C[C@H](NC(=O)N1CCOC2(CCS(=O)(=O)CC2)C1)c1nc2ccccc2[nH]1. The molecule has 1 spiro atoms. The van der Waals surface area contributed by atoms with E-state index in [4.69, 9.17) is 4.74 Å². The molecule has 4 rings (SSSR count). The second-order valence-corrected chi connectivity index (χ2v) is 9.72. The summed E-state index contributed by atoms with van der Waals surface area (Å²) in [5.41, 5.74) is 1.26. The Balaban J connectivity index is 1.41. The van der Waals surface area contributed by atoms with Crippen LogP contribution in [0.3, 0.4) is 0 Å². The van der Waals surface area contributed by atoms with E-state index in [1.807, 2.05) is 31.2 Å². The number of urea groups is 1. The van der Waals surface area contributed by atoms with E-state index in [9.17, 15) is 13.2 Å². The van der Waals surface area contributed by atoms with E-state index in [-0.39, 0.29) is 23.6 Å². The van der Waals surface area contributed by atoms with Gasteiger partial charge in [-0.25, -0.2) is 18.2 Å². The van der Waals surface area contributed by atoms with Gasteiger partial charge in [-0.15, -0.1) is 0 Å². The molecule has 0 aliphatic carbocycles. The summed E-state index contributed by atoms with van der Waals surface area (Å²) >= 11 is 0. The predicted octanol–water partition coefficient (Wildman–Crippen LogP) is 1.61. The van der Waals surface area contributed by atoms with Crippen molar-refractivity contribution >= 4 is 26.9 Å². The Morgan fingerprint density at radius 2 is 2.07 bits per heavy atom. The number of hydrogen-bond donors (Lipinski definition) is 2. The van der Waals surface area contributed by atoms with Crippen LogP contribution in [0, 0.1) is 0 Å². The van der Waals surface area contributed by atoms with Crippen molar-refractivity contribution in [3.8, 4) is 0 Å². The number of para-hydroxylation sites is 2. The van der Waals surface area contributed by atoms with Gasteiger partial charge in [0.1, 0.15) is 5.82 Å². The highest BCUT2D eigenvalue weighted by atomic mass is 32.2. The second kappa shape index (κ2) is 6.79. The summed E-state index contributed by atoms with van der Waals surface area (Å²) in [7, 11) is -2.98. The van der Waals surface area contributed by atoms with E-state index in [0.29, 0.717) is 38.4 Å². The molecule has 1 atom stereocenters. The van der Waals surface area contributed by atoms with Gasteiger partial charge >= 0.3 is 6.03 Å². The van der Waals surface area contributed by atoms with Crippen molar-refractivity contribution < 1.29 is 17.9 Å². The molecule has 146 valence electrons. The minimum absolute atomic E-state index is 0.123. The van der Waals surface area contributed by atoms with Gasteiger partial charge in [0.25, 0.3) is 0 Å². The van der Waals surface area contributed by atoms with Crippen LogP contribution in [0.4, 0.5) is 4.79 Å². The Hall–Kier alpha value is -2.13. The topological polar surface area (TPSA) is 104 Å². The summed E-state index contributed by atoms with van der Waals surface area (Å²) in [5.74, 6) is 0.951. The molecule has 0 bridgehead atoms. The smallest absolute Gasteiger partial charge is 0.318 e. The zero-order chi connectivity index (χ0) is 19.1. The van der Waals surface area contributed by atoms with Gasteiger partial charge in [0.2, 0.25) is 0 Å². The summed E-state index contributed by atoms with van der Waals surface area (Å²) in [5, 5.41) is 2.98. The third kappa shape index (κ3) is 3.79. The largest absolute Gasteiger partial charge is 0.371 e. The van der Waals surface area contributed by atoms with E-state index in [1.54, 1.807) is 4.90 Å². The molecule has 2 saturated heterocycles. The summed E-state index contributed by atoms with van der Waals surface area (Å²) < 4.78 is 29.3. The zero-order valence-corrected chi connectivity index (χ0v) is 16.1. The highest BCUT2D eigenvalue weighted by Gasteiger charge is 2.43. The predicted molar refractivity (Wildman–Crippen MR) is 101 cm³/mol. The van der Waals surface area contributed by atoms with E-state index >= 15 is 0 Å². The highest BCUT2D eigenvalue weighted by molar-refractivity contribution is 7.91. The Morgan fingerprint density at radius 1 is 1.33 bits per heavy atom. The van der Waals surface area contributed by atoms with Gasteiger partial charge in [0.15, 0.2) is 9.84 Å². The molecule has 3 heterocycles. The molecule has 8 nitrogen and oxygen atoms in total.